The van der Waals surface area contributed by atoms with Crippen LogP contribution in [-0.4, -0.2) is 9.97 Å². The van der Waals surface area contributed by atoms with Crippen LogP contribution >= 0.6 is 22.7 Å². The van der Waals surface area contributed by atoms with Gasteiger partial charge in [0.2, 0.25) is 0 Å². The SMILES string of the molecule is c1ccc2c(c1)oc1ccc(-c3cc(-c4ccc5c(c4)sc4ccccc45)nc(-c4ccc5c(c4)sc4ccccc45)n3)cc12. The van der Waals surface area contributed by atoms with Gasteiger partial charge in [-0.1, -0.05) is 78.9 Å². The Hall–Kier alpha value is -5.36. The van der Waals surface area contributed by atoms with E-state index in [1.54, 1.807) is 0 Å². The minimum atomic E-state index is 0.718. The first kappa shape index (κ1) is 25.0. The summed E-state index contributed by atoms with van der Waals surface area (Å²) in [4.78, 5) is 10.4. The molecule has 0 atom stereocenters. The highest BCUT2D eigenvalue weighted by atomic mass is 32.1. The minimum absolute atomic E-state index is 0.718. The molecule has 0 amide bonds. The van der Waals surface area contributed by atoms with E-state index in [1.165, 1.54) is 40.3 Å². The van der Waals surface area contributed by atoms with Crippen LogP contribution in [0.1, 0.15) is 0 Å². The molecule has 3 nitrogen and oxygen atoms in total. The number of rotatable bonds is 3. The van der Waals surface area contributed by atoms with Crippen LogP contribution in [0.2, 0.25) is 0 Å². The van der Waals surface area contributed by atoms with E-state index in [0.717, 1.165) is 55.8 Å². The lowest BCUT2D eigenvalue weighted by Crippen LogP contribution is -1.96. The third-order valence-electron chi connectivity index (χ3n) is 8.71. The van der Waals surface area contributed by atoms with E-state index >= 15 is 0 Å². The highest BCUT2D eigenvalue weighted by Crippen LogP contribution is 2.39. The van der Waals surface area contributed by atoms with Gasteiger partial charge in [0, 0.05) is 67.8 Å². The van der Waals surface area contributed by atoms with Gasteiger partial charge in [0.05, 0.1) is 11.4 Å². The van der Waals surface area contributed by atoms with Crippen molar-refractivity contribution in [2.24, 2.45) is 0 Å². The summed E-state index contributed by atoms with van der Waals surface area (Å²) in [6, 6.07) is 47.2. The van der Waals surface area contributed by atoms with E-state index in [2.05, 4.69) is 121 Å². The van der Waals surface area contributed by atoms with E-state index in [0.29, 0.717) is 0 Å². The Morgan fingerprint density at radius 2 is 0.889 bits per heavy atom. The van der Waals surface area contributed by atoms with Gasteiger partial charge in [0.15, 0.2) is 5.82 Å². The van der Waals surface area contributed by atoms with Crippen LogP contribution in [0.15, 0.2) is 138 Å². The molecule has 0 saturated carbocycles. The van der Waals surface area contributed by atoms with Crippen molar-refractivity contribution in [2.45, 2.75) is 0 Å². The van der Waals surface area contributed by atoms with Crippen LogP contribution in [0.3, 0.4) is 0 Å². The van der Waals surface area contributed by atoms with E-state index in [4.69, 9.17) is 14.4 Å². The molecule has 0 aliphatic heterocycles. The standard InChI is InChI=1S/C40H22N2OS2/c1-4-10-34-26(7-1)31-19-23(15-18-35(31)43-34)32-22-33(24-13-16-29-27-8-2-5-11-36(27)44-38(29)20-24)42-40(41-32)25-14-17-30-28-9-3-6-12-37(28)45-39(30)21-25/h1-22H. The molecule has 10 rings (SSSR count). The molecule has 0 radical (unpaired) electrons. The number of fused-ring (bicyclic) bond motifs is 9. The van der Waals surface area contributed by atoms with Gasteiger partial charge in [-0.25, -0.2) is 9.97 Å². The number of hydrogen-bond donors (Lipinski definition) is 0. The van der Waals surface area contributed by atoms with Gasteiger partial charge < -0.3 is 4.42 Å². The van der Waals surface area contributed by atoms with E-state index in [-0.39, 0.29) is 0 Å². The fourth-order valence-electron chi connectivity index (χ4n) is 6.51. The second-order valence-electron chi connectivity index (χ2n) is 11.4. The van der Waals surface area contributed by atoms with Crippen molar-refractivity contribution in [2.75, 3.05) is 0 Å². The van der Waals surface area contributed by atoms with E-state index in [9.17, 15) is 0 Å². The summed E-state index contributed by atoms with van der Waals surface area (Å²) in [5, 5.41) is 7.32. The second kappa shape index (κ2) is 9.57. The molecule has 0 aliphatic carbocycles. The normalized spacial score (nSPS) is 12.0. The zero-order valence-corrected chi connectivity index (χ0v) is 25.5. The molecule has 5 heteroatoms. The first-order chi connectivity index (χ1) is 22.2. The summed E-state index contributed by atoms with van der Waals surface area (Å²) in [7, 11) is 0. The Kier molecular flexibility index (Phi) is 5.32. The predicted octanol–water partition coefficient (Wildman–Crippen LogP) is 12.1. The molecule has 210 valence electrons. The largest absolute Gasteiger partial charge is 0.456 e. The van der Waals surface area contributed by atoms with Crippen LogP contribution in [0.5, 0.6) is 0 Å². The summed E-state index contributed by atoms with van der Waals surface area (Å²) in [6.07, 6.45) is 0. The average molecular weight is 611 g/mol. The summed E-state index contributed by atoms with van der Waals surface area (Å²) in [5.74, 6) is 0.718. The predicted molar refractivity (Wildman–Crippen MR) is 191 cm³/mol. The lowest BCUT2D eigenvalue weighted by molar-refractivity contribution is 0.669. The number of aromatic nitrogens is 2. The molecule has 0 fully saturated rings. The van der Waals surface area contributed by atoms with Gasteiger partial charge in [0.25, 0.3) is 0 Å². The number of hydrogen-bond acceptors (Lipinski definition) is 5. The Labute approximate surface area is 265 Å². The topological polar surface area (TPSA) is 38.9 Å². The average Bonchev–Trinajstić information content (AvgIpc) is 3.78. The van der Waals surface area contributed by atoms with Gasteiger partial charge in [-0.15, -0.1) is 22.7 Å². The molecule has 4 aromatic heterocycles. The maximum absolute atomic E-state index is 6.13. The van der Waals surface area contributed by atoms with Crippen molar-refractivity contribution in [3.05, 3.63) is 133 Å². The first-order valence-electron chi connectivity index (χ1n) is 14.9. The number of para-hydroxylation sites is 1. The third-order valence-corrected chi connectivity index (χ3v) is 11.0. The molecule has 0 bridgehead atoms. The third kappa shape index (κ3) is 3.95. The van der Waals surface area contributed by atoms with Gasteiger partial charge in [-0.05, 0) is 54.6 Å². The molecule has 0 spiro atoms. The molecule has 10 aromatic rings. The lowest BCUT2D eigenvalue weighted by atomic mass is 10.0. The molecule has 6 aromatic carbocycles. The molecule has 0 N–H and O–H groups in total. The van der Waals surface area contributed by atoms with Crippen molar-refractivity contribution in [3.63, 3.8) is 0 Å². The molecular weight excluding hydrogens is 589 g/mol. The quantitative estimate of drug-likeness (QED) is 0.200. The fourth-order valence-corrected chi connectivity index (χ4v) is 8.80. The zero-order valence-electron chi connectivity index (χ0n) is 23.8. The van der Waals surface area contributed by atoms with Crippen LogP contribution in [-0.2, 0) is 0 Å². The number of nitrogens with zero attached hydrogens (tertiary/aromatic N) is 2. The highest BCUT2D eigenvalue weighted by molar-refractivity contribution is 7.26. The monoisotopic (exact) mass is 610 g/mol. The summed E-state index contributed by atoms with van der Waals surface area (Å²) in [5.41, 5.74) is 6.68. The number of benzene rings is 6. The number of furan rings is 1. The van der Waals surface area contributed by atoms with Gasteiger partial charge in [-0.2, -0.15) is 0 Å². The summed E-state index contributed by atoms with van der Waals surface area (Å²) >= 11 is 3.64. The lowest BCUT2D eigenvalue weighted by Gasteiger charge is -2.10. The first-order valence-corrected chi connectivity index (χ1v) is 16.5. The molecule has 0 unspecified atom stereocenters. The highest BCUT2D eigenvalue weighted by Gasteiger charge is 2.16. The molecular formula is C40H22N2OS2. The Morgan fingerprint density at radius 3 is 1.60 bits per heavy atom. The van der Waals surface area contributed by atoms with Crippen LogP contribution in [0.25, 0.3) is 96.2 Å². The van der Waals surface area contributed by atoms with Gasteiger partial charge >= 0.3 is 0 Å². The van der Waals surface area contributed by atoms with Crippen molar-refractivity contribution >= 4 is 85.0 Å². The fraction of sp³-hybridized carbons (Fsp3) is 0. The second-order valence-corrected chi connectivity index (χ2v) is 13.6. The molecule has 45 heavy (non-hydrogen) atoms. The van der Waals surface area contributed by atoms with E-state index in [1.807, 2.05) is 34.8 Å². The maximum atomic E-state index is 6.13. The summed E-state index contributed by atoms with van der Waals surface area (Å²) < 4.78 is 11.2. The van der Waals surface area contributed by atoms with Crippen molar-refractivity contribution in [3.8, 4) is 33.9 Å². The number of thiophene rings is 2. The Bertz CT molecular complexity index is 2650. The summed E-state index contributed by atoms with van der Waals surface area (Å²) in [6.45, 7) is 0. The molecule has 0 saturated heterocycles. The maximum Gasteiger partial charge on any atom is 0.160 e. The van der Waals surface area contributed by atoms with Crippen molar-refractivity contribution < 1.29 is 4.42 Å². The zero-order chi connectivity index (χ0) is 29.5. The van der Waals surface area contributed by atoms with Crippen LogP contribution in [0.4, 0.5) is 0 Å². The van der Waals surface area contributed by atoms with Crippen molar-refractivity contribution in [1.82, 2.24) is 9.97 Å². The van der Waals surface area contributed by atoms with E-state index < -0.39 is 0 Å². The van der Waals surface area contributed by atoms with Crippen LogP contribution < -0.4 is 0 Å². The Morgan fingerprint density at radius 1 is 0.378 bits per heavy atom. The van der Waals surface area contributed by atoms with Gasteiger partial charge in [-0.3, -0.25) is 0 Å². The molecule has 0 aliphatic rings. The molecule has 4 heterocycles. The van der Waals surface area contributed by atoms with Gasteiger partial charge in [0.1, 0.15) is 11.2 Å². The smallest absolute Gasteiger partial charge is 0.160 e. The Balaban J connectivity index is 1.19. The minimum Gasteiger partial charge on any atom is -0.456 e. The van der Waals surface area contributed by atoms with Crippen LogP contribution in [0, 0.1) is 0 Å². The van der Waals surface area contributed by atoms with Crippen molar-refractivity contribution in [1.29, 1.82) is 0 Å².